The number of H-pyrrole nitrogens is 1. The van der Waals surface area contributed by atoms with Gasteiger partial charge in [0.05, 0.1) is 12.0 Å². The maximum absolute atomic E-state index is 12.7. The van der Waals surface area contributed by atoms with E-state index in [9.17, 15) is 18.0 Å². The van der Waals surface area contributed by atoms with Crippen LogP contribution in [-0.4, -0.2) is 10.9 Å². The number of hydrogen-bond acceptors (Lipinski definition) is 1. The molecule has 0 aliphatic carbocycles. The molecule has 1 aromatic heterocycles. The van der Waals surface area contributed by atoms with Crippen LogP contribution in [0, 0.1) is 0 Å². The highest BCUT2D eigenvalue weighted by Gasteiger charge is 2.30. The molecular weight excluding hydrogens is 281 g/mol. The SMILES string of the molecule is O=C1Cc2cc3c(cc2N1)[nH]c1cc(C(F)(F)F)ccc13. The van der Waals surface area contributed by atoms with Gasteiger partial charge < -0.3 is 10.3 Å². The number of benzene rings is 2. The van der Waals surface area contributed by atoms with Gasteiger partial charge in [-0.3, -0.25) is 4.79 Å². The minimum atomic E-state index is -4.36. The minimum Gasteiger partial charge on any atom is -0.354 e. The fourth-order valence-corrected chi connectivity index (χ4v) is 2.80. The van der Waals surface area contributed by atoms with Crippen LogP contribution in [0.3, 0.4) is 0 Å². The zero-order chi connectivity index (χ0) is 14.8. The summed E-state index contributed by atoms with van der Waals surface area (Å²) in [6.45, 7) is 0. The topological polar surface area (TPSA) is 44.9 Å². The Morgan fingerprint density at radius 2 is 1.76 bits per heavy atom. The number of fused-ring (bicyclic) bond motifs is 4. The molecule has 1 amide bonds. The first kappa shape index (κ1) is 12.3. The monoisotopic (exact) mass is 290 g/mol. The van der Waals surface area contributed by atoms with Crippen LogP contribution in [0.5, 0.6) is 0 Å². The van der Waals surface area contributed by atoms with E-state index >= 15 is 0 Å². The van der Waals surface area contributed by atoms with Gasteiger partial charge in [0.2, 0.25) is 5.91 Å². The van der Waals surface area contributed by atoms with Crippen molar-refractivity contribution < 1.29 is 18.0 Å². The van der Waals surface area contributed by atoms with Gasteiger partial charge in [-0.25, -0.2) is 0 Å². The molecule has 1 aliphatic rings. The van der Waals surface area contributed by atoms with Crippen LogP contribution in [0.4, 0.5) is 18.9 Å². The molecule has 2 heterocycles. The second-order valence-electron chi connectivity index (χ2n) is 5.16. The van der Waals surface area contributed by atoms with E-state index in [-0.39, 0.29) is 5.91 Å². The van der Waals surface area contributed by atoms with E-state index < -0.39 is 11.7 Å². The highest BCUT2D eigenvalue weighted by Crippen LogP contribution is 2.36. The Hall–Kier alpha value is -2.50. The van der Waals surface area contributed by atoms with Crippen LogP contribution < -0.4 is 5.32 Å². The van der Waals surface area contributed by atoms with E-state index in [0.29, 0.717) is 17.5 Å². The fraction of sp³-hybridized carbons (Fsp3) is 0.133. The molecule has 6 heteroatoms. The van der Waals surface area contributed by atoms with Gasteiger partial charge in [-0.2, -0.15) is 13.2 Å². The third-order valence-corrected chi connectivity index (χ3v) is 3.77. The fourth-order valence-electron chi connectivity index (χ4n) is 2.80. The molecule has 0 fully saturated rings. The number of nitrogens with one attached hydrogen (secondary N) is 2. The number of alkyl halides is 3. The van der Waals surface area contributed by atoms with E-state index in [0.717, 1.165) is 34.2 Å². The Balaban J connectivity index is 1.98. The normalized spacial score (nSPS) is 14.7. The standard InChI is InChI=1S/C15H9F3N2O/c16-15(17,18)8-1-2-9-10-3-7-4-14(21)20-11(7)6-13(10)19-12(9)5-8/h1-3,5-6,19H,4H2,(H,20,21). The van der Waals surface area contributed by atoms with E-state index in [4.69, 9.17) is 0 Å². The quantitative estimate of drug-likeness (QED) is 0.649. The predicted molar refractivity (Wildman–Crippen MR) is 73.1 cm³/mol. The molecule has 21 heavy (non-hydrogen) atoms. The van der Waals surface area contributed by atoms with Crippen molar-refractivity contribution in [1.82, 2.24) is 4.98 Å². The van der Waals surface area contributed by atoms with Crippen molar-refractivity contribution in [2.75, 3.05) is 5.32 Å². The predicted octanol–water partition coefficient (Wildman–Crippen LogP) is 3.83. The Morgan fingerprint density at radius 3 is 2.52 bits per heavy atom. The molecule has 3 nitrogen and oxygen atoms in total. The second kappa shape index (κ2) is 3.78. The number of aromatic amines is 1. The molecule has 4 rings (SSSR count). The summed E-state index contributed by atoms with van der Waals surface area (Å²) >= 11 is 0. The summed E-state index contributed by atoms with van der Waals surface area (Å²) in [4.78, 5) is 14.4. The first-order valence-corrected chi connectivity index (χ1v) is 6.37. The lowest BCUT2D eigenvalue weighted by Crippen LogP contribution is -2.04. The summed E-state index contributed by atoms with van der Waals surface area (Å²) in [5.41, 5.74) is 2.06. The van der Waals surface area contributed by atoms with Crippen molar-refractivity contribution in [2.24, 2.45) is 0 Å². The average Bonchev–Trinajstić information content (AvgIpc) is 2.92. The molecule has 106 valence electrons. The molecule has 0 atom stereocenters. The van der Waals surface area contributed by atoms with Crippen molar-refractivity contribution in [3.63, 3.8) is 0 Å². The van der Waals surface area contributed by atoms with E-state index in [1.165, 1.54) is 6.07 Å². The zero-order valence-corrected chi connectivity index (χ0v) is 10.6. The first-order chi connectivity index (χ1) is 9.91. The number of carbonyl (C=O) groups excluding carboxylic acids is 1. The van der Waals surface area contributed by atoms with Crippen molar-refractivity contribution >= 4 is 33.4 Å². The Labute approximate surface area is 116 Å². The number of anilines is 1. The van der Waals surface area contributed by atoms with Crippen molar-refractivity contribution in [2.45, 2.75) is 12.6 Å². The highest BCUT2D eigenvalue weighted by molar-refractivity contribution is 6.11. The van der Waals surface area contributed by atoms with Gasteiger partial charge in [-0.05, 0) is 29.8 Å². The number of amides is 1. The Bertz CT molecular complexity index is 909. The van der Waals surface area contributed by atoms with Crippen LogP contribution >= 0.6 is 0 Å². The van der Waals surface area contributed by atoms with Crippen LogP contribution in [0.15, 0.2) is 30.3 Å². The van der Waals surface area contributed by atoms with Crippen molar-refractivity contribution in [3.05, 3.63) is 41.5 Å². The lowest BCUT2D eigenvalue weighted by Gasteiger charge is -2.05. The third-order valence-electron chi connectivity index (χ3n) is 3.77. The lowest BCUT2D eigenvalue weighted by molar-refractivity contribution is -0.137. The van der Waals surface area contributed by atoms with Gasteiger partial charge in [0.15, 0.2) is 0 Å². The van der Waals surface area contributed by atoms with Gasteiger partial charge in [-0.15, -0.1) is 0 Å². The number of hydrogen-bond donors (Lipinski definition) is 2. The number of rotatable bonds is 0. The summed E-state index contributed by atoms with van der Waals surface area (Å²) in [6.07, 6.45) is -4.06. The van der Waals surface area contributed by atoms with Gasteiger partial charge in [0, 0.05) is 27.5 Å². The molecule has 0 unspecified atom stereocenters. The lowest BCUT2D eigenvalue weighted by atomic mass is 10.1. The summed E-state index contributed by atoms with van der Waals surface area (Å²) < 4.78 is 38.2. The summed E-state index contributed by atoms with van der Waals surface area (Å²) in [5, 5.41) is 4.28. The number of halogens is 3. The molecule has 0 spiro atoms. The maximum Gasteiger partial charge on any atom is 0.416 e. The zero-order valence-electron chi connectivity index (χ0n) is 10.6. The smallest absolute Gasteiger partial charge is 0.354 e. The van der Waals surface area contributed by atoms with Crippen molar-refractivity contribution in [3.8, 4) is 0 Å². The van der Waals surface area contributed by atoms with Gasteiger partial charge in [-0.1, -0.05) is 6.07 Å². The van der Waals surface area contributed by atoms with Crippen LogP contribution in [0.1, 0.15) is 11.1 Å². The van der Waals surface area contributed by atoms with Gasteiger partial charge in [0.25, 0.3) is 0 Å². The molecule has 0 saturated carbocycles. The first-order valence-electron chi connectivity index (χ1n) is 6.37. The Kier molecular flexibility index (Phi) is 2.21. The highest BCUT2D eigenvalue weighted by atomic mass is 19.4. The van der Waals surface area contributed by atoms with Crippen LogP contribution in [0.2, 0.25) is 0 Å². The van der Waals surface area contributed by atoms with E-state index in [1.807, 2.05) is 6.07 Å². The van der Waals surface area contributed by atoms with Gasteiger partial charge in [0.1, 0.15) is 0 Å². The summed E-state index contributed by atoms with van der Waals surface area (Å²) in [7, 11) is 0. The molecule has 1 aliphatic heterocycles. The molecule has 0 bridgehead atoms. The third kappa shape index (κ3) is 1.79. The largest absolute Gasteiger partial charge is 0.416 e. The molecule has 0 saturated heterocycles. The molecule has 2 N–H and O–H groups in total. The molecular formula is C15H9F3N2O. The summed E-state index contributed by atoms with van der Waals surface area (Å²) in [6, 6.07) is 7.27. The summed E-state index contributed by atoms with van der Waals surface area (Å²) in [5.74, 6) is -0.0682. The van der Waals surface area contributed by atoms with Crippen LogP contribution in [0.25, 0.3) is 21.8 Å². The Morgan fingerprint density at radius 1 is 1.00 bits per heavy atom. The average molecular weight is 290 g/mol. The molecule has 3 aromatic rings. The second-order valence-corrected chi connectivity index (χ2v) is 5.16. The van der Waals surface area contributed by atoms with Crippen LogP contribution in [-0.2, 0) is 17.4 Å². The number of carbonyl (C=O) groups is 1. The molecule has 2 aromatic carbocycles. The maximum atomic E-state index is 12.7. The number of aromatic nitrogens is 1. The van der Waals surface area contributed by atoms with E-state index in [2.05, 4.69) is 10.3 Å². The van der Waals surface area contributed by atoms with E-state index in [1.54, 1.807) is 6.07 Å². The van der Waals surface area contributed by atoms with Crippen molar-refractivity contribution in [1.29, 1.82) is 0 Å². The van der Waals surface area contributed by atoms with Gasteiger partial charge >= 0.3 is 6.18 Å². The minimum absolute atomic E-state index is 0.0682. The molecule has 0 radical (unpaired) electrons.